The fraction of sp³-hybridized carbons (Fsp3) is 0.931. The van der Waals surface area contributed by atoms with Crippen LogP contribution in [0, 0.1) is 17.8 Å². The molecule has 0 aromatic rings. The second-order valence-corrected chi connectivity index (χ2v) is 12.5. The first-order chi connectivity index (χ1) is 16.4. The Morgan fingerprint density at radius 3 is 1.91 bits per heavy atom. The van der Waals surface area contributed by atoms with Crippen LogP contribution in [0.4, 0.5) is 0 Å². The number of hydrogen-bond acceptors (Lipinski definition) is 6. The van der Waals surface area contributed by atoms with Crippen LogP contribution in [0.15, 0.2) is 0 Å². The van der Waals surface area contributed by atoms with E-state index in [1.807, 2.05) is 41.5 Å². The van der Waals surface area contributed by atoms with Gasteiger partial charge in [-0.2, -0.15) is 9.78 Å². The molecule has 0 aliphatic heterocycles. The van der Waals surface area contributed by atoms with Gasteiger partial charge in [0.2, 0.25) is 0 Å². The minimum absolute atomic E-state index is 0.0324. The molecule has 1 aliphatic rings. The fourth-order valence-electron chi connectivity index (χ4n) is 4.72. The average molecular weight is 499 g/mol. The zero-order valence-corrected chi connectivity index (χ0v) is 23.8. The molecule has 1 rings (SSSR count). The third-order valence-electron chi connectivity index (χ3n) is 6.58. The molecule has 0 aromatic carbocycles. The molecule has 1 saturated carbocycles. The molecule has 206 valence electrons. The maximum atomic E-state index is 12.9. The number of rotatable bonds is 16. The first-order valence-electron chi connectivity index (χ1n) is 14.2. The predicted octanol–water partition coefficient (Wildman–Crippen LogP) is 8.27. The lowest BCUT2D eigenvalue weighted by atomic mass is 9.71. The summed E-state index contributed by atoms with van der Waals surface area (Å²) in [6, 6.07) is 0. The quantitative estimate of drug-likeness (QED) is 0.121. The van der Waals surface area contributed by atoms with Crippen molar-refractivity contribution in [1.82, 2.24) is 0 Å². The van der Waals surface area contributed by atoms with Gasteiger partial charge in [-0.15, -0.1) is 0 Å². The minimum Gasteiger partial charge on any atom is -0.298 e. The Kier molecular flexibility index (Phi) is 15.1. The highest BCUT2D eigenvalue weighted by Gasteiger charge is 2.36. The average Bonchev–Trinajstić information content (AvgIpc) is 2.77. The minimum atomic E-state index is -0.484. The van der Waals surface area contributed by atoms with Gasteiger partial charge in [0.1, 0.15) is 11.2 Å². The lowest BCUT2D eigenvalue weighted by Crippen LogP contribution is -2.34. The van der Waals surface area contributed by atoms with Crippen LogP contribution in [-0.4, -0.2) is 23.1 Å². The summed E-state index contributed by atoms with van der Waals surface area (Å²) >= 11 is 0. The van der Waals surface area contributed by atoms with Crippen molar-refractivity contribution >= 4 is 11.9 Å². The molecule has 6 nitrogen and oxygen atoms in total. The molecule has 1 fully saturated rings. The molecule has 0 aromatic heterocycles. The molecule has 35 heavy (non-hydrogen) atoms. The van der Waals surface area contributed by atoms with Gasteiger partial charge in [-0.25, -0.2) is 9.59 Å². The lowest BCUT2D eigenvalue weighted by Gasteiger charge is -2.35. The van der Waals surface area contributed by atoms with Gasteiger partial charge in [0.25, 0.3) is 0 Å². The molecule has 0 bridgehead atoms. The van der Waals surface area contributed by atoms with E-state index in [9.17, 15) is 9.59 Å². The van der Waals surface area contributed by atoms with Gasteiger partial charge in [0, 0.05) is 6.42 Å². The number of carbonyl (C=O) groups is 2. The predicted molar refractivity (Wildman–Crippen MR) is 139 cm³/mol. The van der Waals surface area contributed by atoms with Gasteiger partial charge in [0.05, 0.1) is 5.92 Å². The van der Waals surface area contributed by atoms with Crippen LogP contribution in [0.5, 0.6) is 0 Å². The van der Waals surface area contributed by atoms with Crippen molar-refractivity contribution in [2.45, 2.75) is 156 Å². The molecule has 6 heteroatoms. The first-order valence-corrected chi connectivity index (χ1v) is 14.2. The van der Waals surface area contributed by atoms with Crippen LogP contribution in [0.2, 0.25) is 0 Å². The second kappa shape index (κ2) is 16.6. The molecular weight excluding hydrogens is 444 g/mol. The molecule has 3 atom stereocenters. The third kappa shape index (κ3) is 16.3. The van der Waals surface area contributed by atoms with Crippen molar-refractivity contribution in [3.05, 3.63) is 0 Å². The Hall–Kier alpha value is -1.14. The number of hydrogen-bond donors (Lipinski definition) is 0. The van der Waals surface area contributed by atoms with Gasteiger partial charge in [-0.3, -0.25) is 9.78 Å². The summed E-state index contributed by atoms with van der Waals surface area (Å²) in [5.41, 5.74) is -0.952. The van der Waals surface area contributed by atoms with Crippen molar-refractivity contribution in [2.75, 3.05) is 0 Å². The van der Waals surface area contributed by atoms with Crippen molar-refractivity contribution in [3.8, 4) is 0 Å². The van der Waals surface area contributed by atoms with Crippen LogP contribution in [0.25, 0.3) is 0 Å². The molecule has 0 spiro atoms. The summed E-state index contributed by atoms with van der Waals surface area (Å²) in [6.45, 7) is 13.5. The standard InChI is InChI=1S/C29H54O6/c1-8-9-14-18-24-21-20-23(22-25(24)27(31)33-35-29(5,6)7)17-15-12-10-11-13-16-19-26(30)32-34-28(2,3)4/h23-25H,8-22H2,1-7H3. The third-order valence-corrected chi connectivity index (χ3v) is 6.58. The van der Waals surface area contributed by atoms with E-state index in [4.69, 9.17) is 19.6 Å². The number of carbonyl (C=O) groups excluding carboxylic acids is 2. The van der Waals surface area contributed by atoms with Gasteiger partial charge >= 0.3 is 11.9 Å². The number of unbranched alkanes of at least 4 members (excludes halogenated alkanes) is 7. The van der Waals surface area contributed by atoms with Gasteiger partial charge < -0.3 is 0 Å². The summed E-state index contributed by atoms with van der Waals surface area (Å²) in [6.07, 6.45) is 16.2. The highest BCUT2D eigenvalue weighted by atomic mass is 17.2. The van der Waals surface area contributed by atoms with Crippen LogP contribution in [0.1, 0.15) is 145 Å². The monoisotopic (exact) mass is 498 g/mol. The van der Waals surface area contributed by atoms with E-state index in [2.05, 4.69) is 6.92 Å². The van der Waals surface area contributed by atoms with E-state index in [1.54, 1.807) is 0 Å². The molecule has 0 heterocycles. The largest absolute Gasteiger partial charge is 0.345 e. The van der Waals surface area contributed by atoms with Crippen LogP contribution in [0.3, 0.4) is 0 Å². The van der Waals surface area contributed by atoms with E-state index in [0.717, 1.165) is 38.5 Å². The normalized spacial score (nSPS) is 21.1. The highest BCUT2D eigenvalue weighted by molar-refractivity contribution is 5.72. The van der Waals surface area contributed by atoms with Crippen LogP contribution in [-0.2, 0) is 29.1 Å². The molecule has 0 radical (unpaired) electrons. The van der Waals surface area contributed by atoms with Crippen molar-refractivity contribution in [3.63, 3.8) is 0 Å². The highest BCUT2D eigenvalue weighted by Crippen LogP contribution is 2.40. The zero-order chi connectivity index (χ0) is 26.3. The molecule has 1 aliphatic carbocycles. The maximum absolute atomic E-state index is 12.9. The van der Waals surface area contributed by atoms with Crippen LogP contribution >= 0.6 is 0 Å². The first kappa shape index (κ1) is 31.9. The summed E-state index contributed by atoms with van der Waals surface area (Å²) in [7, 11) is 0. The summed E-state index contributed by atoms with van der Waals surface area (Å²) in [4.78, 5) is 45.1. The molecule has 0 amide bonds. The van der Waals surface area contributed by atoms with Crippen molar-refractivity contribution < 1.29 is 29.1 Å². The van der Waals surface area contributed by atoms with E-state index in [1.165, 1.54) is 51.4 Å². The Bertz CT molecular complexity index is 589. The van der Waals surface area contributed by atoms with Gasteiger partial charge in [-0.05, 0) is 79.1 Å². The van der Waals surface area contributed by atoms with E-state index < -0.39 is 11.2 Å². The molecular formula is C29H54O6. The zero-order valence-electron chi connectivity index (χ0n) is 23.8. The smallest absolute Gasteiger partial charge is 0.298 e. The second-order valence-electron chi connectivity index (χ2n) is 12.5. The topological polar surface area (TPSA) is 71.1 Å². The van der Waals surface area contributed by atoms with E-state index in [-0.39, 0.29) is 17.9 Å². The summed E-state index contributed by atoms with van der Waals surface area (Å²) in [5, 5.41) is 0. The molecule has 0 saturated heterocycles. The Labute approximate surface area is 215 Å². The van der Waals surface area contributed by atoms with E-state index >= 15 is 0 Å². The van der Waals surface area contributed by atoms with Crippen molar-refractivity contribution in [1.29, 1.82) is 0 Å². The molecule has 3 unspecified atom stereocenters. The summed E-state index contributed by atoms with van der Waals surface area (Å²) in [5.74, 6) is 0.537. The van der Waals surface area contributed by atoms with Crippen molar-refractivity contribution in [2.24, 2.45) is 17.8 Å². The molecule has 0 N–H and O–H groups in total. The Balaban J connectivity index is 2.28. The van der Waals surface area contributed by atoms with E-state index in [0.29, 0.717) is 18.3 Å². The van der Waals surface area contributed by atoms with Gasteiger partial charge in [-0.1, -0.05) is 71.1 Å². The SMILES string of the molecule is CCCCCC1CCC(CCCCCCCCC(=O)OOC(C)(C)C)CC1C(=O)OOC(C)(C)C. The van der Waals surface area contributed by atoms with Gasteiger partial charge in [0.15, 0.2) is 0 Å². The van der Waals surface area contributed by atoms with Crippen LogP contribution < -0.4 is 0 Å². The Morgan fingerprint density at radius 2 is 1.29 bits per heavy atom. The lowest BCUT2D eigenvalue weighted by molar-refractivity contribution is -0.324. The fourth-order valence-corrected chi connectivity index (χ4v) is 4.72. The summed E-state index contributed by atoms with van der Waals surface area (Å²) < 4.78 is 0. The maximum Gasteiger partial charge on any atom is 0.345 e. The Morgan fingerprint density at radius 1 is 0.714 bits per heavy atom.